The second kappa shape index (κ2) is 6.26. The molecule has 1 aliphatic rings. The molecule has 0 spiro atoms. The molecule has 1 saturated heterocycles. The largest absolute Gasteiger partial charge is 0.346 e. The second-order valence-corrected chi connectivity index (χ2v) is 6.59. The van der Waals surface area contributed by atoms with E-state index in [4.69, 9.17) is 5.73 Å². The minimum Gasteiger partial charge on any atom is -0.346 e. The zero-order valence-corrected chi connectivity index (χ0v) is 13.8. The Morgan fingerprint density at radius 1 is 1.55 bits per heavy atom. The number of carbonyl (C=O) groups is 1. The van der Waals surface area contributed by atoms with Gasteiger partial charge in [-0.25, -0.2) is 4.98 Å². The van der Waals surface area contributed by atoms with Crippen LogP contribution in [0.15, 0.2) is 24.5 Å². The quantitative estimate of drug-likeness (QED) is 0.889. The van der Waals surface area contributed by atoms with E-state index in [2.05, 4.69) is 23.8 Å². The standard InChI is InChI=1S/C16H22N4O.ClH/c1-16(2)10-20(7-5-13(16)17)14(21)8-11-9-19-15-12(11)4-3-6-18-15;/h3-4,6,9,13H,5,7-8,10,17H2,1-2H3,(H,18,19);1H. The van der Waals surface area contributed by atoms with Crippen LogP contribution in [0.4, 0.5) is 0 Å². The van der Waals surface area contributed by atoms with E-state index in [0.29, 0.717) is 6.42 Å². The smallest absolute Gasteiger partial charge is 0.227 e. The Morgan fingerprint density at radius 2 is 2.32 bits per heavy atom. The third-order valence-electron chi connectivity index (χ3n) is 4.54. The molecule has 3 N–H and O–H groups in total. The van der Waals surface area contributed by atoms with Gasteiger partial charge in [-0.1, -0.05) is 13.8 Å². The first kappa shape index (κ1) is 16.8. The minimum atomic E-state index is -0.0182. The number of piperidine rings is 1. The average molecular weight is 323 g/mol. The molecule has 1 atom stereocenters. The van der Waals surface area contributed by atoms with E-state index in [0.717, 1.165) is 36.1 Å². The van der Waals surface area contributed by atoms with Gasteiger partial charge in [-0.15, -0.1) is 12.4 Å². The van der Waals surface area contributed by atoms with Gasteiger partial charge in [0.1, 0.15) is 5.65 Å². The molecule has 120 valence electrons. The Morgan fingerprint density at radius 3 is 3.05 bits per heavy atom. The first-order valence-corrected chi connectivity index (χ1v) is 7.42. The summed E-state index contributed by atoms with van der Waals surface area (Å²) >= 11 is 0. The van der Waals surface area contributed by atoms with Crippen LogP contribution in [0, 0.1) is 5.41 Å². The van der Waals surface area contributed by atoms with E-state index in [1.54, 1.807) is 6.20 Å². The molecule has 1 aliphatic heterocycles. The average Bonchev–Trinajstić information content (AvgIpc) is 2.85. The molecule has 6 heteroatoms. The van der Waals surface area contributed by atoms with E-state index in [1.165, 1.54) is 0 Å². The Hall–Kier alpha value is -1.59. The van der Waals surface area contributed by atoms with Crippen LogP contribution in [-0.2, 0) is 11.2 Å². The lowest BCUT2D eigenvalue weighted by Gasteiger charge is -2.42. The van der Waals surface area contributed by atoms with Crippen LogP contribution in [0.3, 0.4) is 0 Å². The summed E-state index contributed by atoms with van der Waals surface area (Å²) in [7, 11) is 0. The van der Waals surface area contributed by atoms with Crippen molar-refractivity contribution in [2.75, 3.05) is 13.1 Å². The van der Waals surface area contributed by atoms with Gasteiger partial charge < -0.3 is 15.6 Å². The molecule has 3 rings (SSSR count). The SMILES string of the molecule is CC1(C)CN(C(=O)Cc2c[nH]c3ncccc23)CCC1N.Cl. The summed E-state index contributed by atoms with van der Waals surface area (Å²) in [6.45, 7) is 5.75. The van der Waals surface area contributed by atoms with E-state index in [-0.39, 0.29) is 29.8 Å². The monoisotopic (exact) mass is 322 g/mol. The number of carbonyl (C=O) groups excluding carboxylic acids is 1. The summed E-state index contributed by atoms with van der Waals surface area (Å²) in [6.07, 6.45) is 4.92. The van der Waals surface area contributed by atoms with Crippen molar-refractivity contribution >= 4 is 29.3 Å². The third-order valence-corrected chi connectivity index (χ3v) is 4.54. The Labute approximate surface area is 136 Å². The maximum atomic E-state index is 12.6. The van der Waals surface area contributed by atoms with Gasteiger partial charge in [-0.2, -0.15) is 0 Å². The van der Waals surface area contributed by atoms with Crippen molar-refractivity contribution < 1.29 is 4.79 Å². The fourth-order valence-corrected chi connectivity index (χ4v) is 3.02. The number of nitrogens with one attached hydrogen (secondary N) is 1. The van der Waals surface area contributed by atoms with E-state index < -0.39 is 0 Å². The number of nitrogens with zero attached hydrogens (tertiary/aromatic N) is 2. The number of nitrogens with two attached hydrogens (primary N) is 1. The van der Waals surface area contributed by atoms with E-state index in [1.807, 2.05) is 23.2 Å². The Balaban J connectivity index is 0.00000176. The van der Waals surface area contributed by atoms with Gasteiger partial charge in [-0.3, -0.25) is 4.79 Å². The molecular formula is C16H23ClN4O. The highest BCUT2D eigenvalue weighted by molar-refractivity contribution is 5.87. The van der Waals surface area contributed by atoms with Crippen LogP contribution in [0.1, 0.15) is 25.8 Å². The molecule has 0 bridgehead atoms. The van der Waals surface area contributed by atoms with Gasteiger partial charge in [0.15, 0.2) is 0 Å². The Bertz CT molecular complexity index is 667. The van der Waals surface area contributed by atoms with Crippen molar-refractivity contribution in [1.29, 1.82) is 0 Å². The summed E-state index contributed by atoms with van der Waals surface area (Å²) < 4.78 is 0. The number of fused-ring (bicyclic) bond motifs is 1. The number of aromatic nitrogens is 2. The first-order valence-electron chi connectivity index (χ1n) is 7.42. The Kier molecular flexibility index (Phi) is 4.78. The van der Waals surface area contributed by atoms with Crippen LogP contribution in [0.25, 0.3) is 11.0 Å². The number of H-pyrrole nitrogens is 1. The molecule has 2 aromatic rings. The maximum Gasteiger partial charge on any atom is 0.227 e. The third kappa shape index (κ3) is 3.10. The zero-order valence-electron chi connectivity index (χ0n) is 13.0. The molecule has 0 radical (unpaired) electrons. The highest BCUT2D eigenvalue weighted by Crippen LogP contribution is 2.28. The van der Waals surface area contributed by atoms with Crippen LogP contribution < -0.4 is 5.73 Å². The minimum absolute atomic E-state index is 0. The number of rotatable bonds is 2. The summed E-state index contributed by atoms with van der Waals surface area (Å²) in [4.78, 5) is 21.9. The summed E-state index contributed by atoms with van der Waals surface area (Å²) in [5, 5.41) is 1.03. The van der Waals surface area contributed by atoms with Crippen molar-refractivity contribution in [3.05, 3.63) is 30.1 Å². The van der Waals surface area contributed by atoms with Crippen LogP contribution in [0.5, 0.6) is 0 Å². The van der Waals surface area contributed by atoms with E-state index in [9.17, 15) is 4.79 Å². The summed E-state index contributed by atoms with van der Waals surface area (Å²) in [5.74, 6) is 0.166. The molecule has 0 aromatic carbocycles. The molecular weight excluding hydrogens is 300 g/mol. The molecule has 0 aliphatic carbocycles. The number of amides is 1. The number of pyridine rings is 1. The molecule has 3 heterocycles. The van der Waals surface area contributed by atoms with Crippen LogP contribution in [-0.4, -0.2) is 39.9 Å². The highest BCUT2D eigenvalue weighted by Gasteiger charge is 2.35. The molecule has 22 heavy (non-hydrogen) atoms. The van der Waals surface area contributed by atoms with Crippen molar-refractivity contribution in [3.8, 4) is 0 Å². The number of halogens is 1. The van der Waals surface area contributed by atoms with Gasteiger partial charge >= 0.3 is 0 Å². The molecule has 1 fully saturated rings. The lowest BCUT2D eigenvalue weighted by Crippen LogP contribution is -2.54. The summed E-state index contributed by atoms with van der Waals surface area (Å²) in [5.41, 5.74) is 7.96. The summed E-state index contributed by atoms with van der Waals surface area (Å²) in [6, 6.07) is 4.06. The molecule has 0 saturated carbocycles. The van der Waals surface area contributed by atoms with E-state index >= 15 is 0 Å². The van der Waals surface area contributed by atoms with Gasteiger partial charge in [0.05, 0.1) is 6.42 Å². The van der Waals surface area contributed by atoms with Crippen molar-refractivity contribution in [3.63, 3.8) is 0 Å². The zero-order chi connectivity index (χ0) is 15.0. The predicted molar refractivity (Wildman–Crippen MR) is 90.0 cm³/mol. The lowest BCUT2D eigenvalue weighted by atomic mass is 9.79. The maximum absolute atomic E-state index is 12.6. The van der Waals surface area contributed by atoms with Gasteiger partial charge in [0.25, 0.3) is 0 Å². The predicted octanol–water partition coefficient (Wildman–Crippen LogP) is 2.11. The normalized spacial score (nSPS) is 20.7. The molecule has 2 aromatic heterocycles. The first-order chi connectivity index (χ1) is 9.97. The van der Waals surface area contributed by atoms with Gasteiger partial charge in [0, 0.05) is 36.9 Å². The number of aromatic amines is 1. The number of hydrogen-bond acceptors (Lipinski definition) is 3. The van der Waals surface area contributed by atoms with Crippen LogP contribution in [0.2, 0.25) is 0 Å². The van der Waals surface area contributed by atoms with Crippen molar-refractivity contribution in [2.24, 2.45) is 11.1 Å². The van der Waals surface area contributed by atoms with Gasteiger partial charge in [0.2, 0.25) is 5.91 Å². The number of hydrogen-bond donors (Lipinski definition) is 2. The second-order valence-electron chi connectivity index (χ2n) is 6.59. The number of likely N-dealkylation sites (tertiary alicyclic amines) is 1. The molecule has 5 nitrogen and oxygen atoms in total. The van der Waals surface area contributed by atoms with Crippen molar-refractivity contribution in [2.45, 2.75) is 32.7 Å². The van der Waals surface area contributed by atoms with Crippen LogP contribution >= 0.6 is 12.4 Å². The molecule has 1 unspecified atom stereocenters. The van der Waals surface area contributed by atoms with Crippen molar-refractivity contribution in [1.82, 2.24) is 14.9 Å². The fourth-order valence-electron chi connectivity index (χ4n) is 3.02. The van der Waals surface area contributed by atoms with Gasteiger partial charge in [-0.05, 0) is 29.5 Å². The highest BCUT2D eigenvalue weighted by atomic mass is 35.5. The topological polar surface area (TPSA) is 75.0 Å². The molecule has 1 amide bonds. The lowest BCUT2D eigenvalue weighted by molar-refractivity contribution is -0.133. The fraction of sp³-hybridized carbons (Fsp3) is 0.500.